The Morgan fingerprint density at radius 1 is 1.53 bits per heavy atom. The fourth-order valence-electron chi connectivity index (χ4n) is 1.64. The molecule has 1 aliphatic heterocycles. The smallest absolute Gasteiger partial charge is 0.323 e. The van der Waals surface area contributed by atoms with Crippen molar-refractivity contribution in [2.24, 2.45) is 0 Å². The number of fused-ring (bicyclic) bond motifs is 1. The van der Waals surface area contributed by atoms with Crippen molar-refractivity contribution in [3.63, 3.8) is 0 Å². The molecule has 1 N–H and O–H groups in total. The quantitative estimate of drug-likeness (QED) is 0.786. The summed E-state index contributed by atoms with van der Waals surface area (Å²) in [5.74, 6) is -1.99. The van der Waals surface area contributed by atoms with E-state index in [0.717, 1.165) is 4.90 Å². The van der Waals surface area contributed by atoms with E-state index in [1.165, 1.54) is 18.2 Å². The summed E-state index contributed by atoms with van der Waals surface area (Å²) < 4.78 is 13.2. The summed E-state index contributed by atoms with van der Waals surface area (Å²) in [4.78, 5) is 23.1. The van der Waals surface area contributed by atoms with E-state index in [1.54, 1.807) is 0 Å². The molecule has 0 spiro atoms. The molecule has 0 unspecified atom stereocenters. The second-order valence-corrected chi connectivity index (χ2v) is 3.32. The number of aliphatic carboxylic acids is 1. The van der Waals surface area contributed by atoms with E-state index in [0.29, 0.717) is 0 Å². The molecule has 4 nitrogen and oxygen atoms in total. The van der Waals surface area contributed by atoms with Crippen LogP contribution in [0, 0.1) is 5.82 Å². The zero-order valence-electron chi connectivity index (χ0n) is 7.74. The van der Waals surface area contributed by atoms with Gasteiger partial charge in [0, 0.05) is 11.1 Å². The number of amides is 1. The number of hydrogen-bond acceptors (Lipinski definition) is 2. The van der Waals surface area contributed by atoms with Gasteiger partial charge in [0.2, 0.25) is 0 Å². The van der Waals surface area contributed by atoms with Crippen molar-refractivity contribution in [3.8, 4) is 0 Å². The molecule has 5 heteroatoms. The van der Waals surface area contributed by atoms with Gasteiger partial charge in [-0.15, -0.1) is 0 Å². The Morgan fingerprint density at radius 3 is 2.87 bits per heavy atom. The van der Waals surface area contributed by atoms with Gasteiger partial charge in [-0.05, 0) is 12.1 Å². The molecule has 1 aromatic carbocycles. The van der Waals surface area contributed by atoms with E-state index < -0.39 is 24.2 Å². The number of carboxylic acids is 1. The first-order valence-electron chi connectivity index (χ1n) is 4.38. The lowest BCUT2D eigenvalue weighted by Crippen LogP contribution is -2.29. The highest BCUT2D eigenvalue weighted by molar-refractivity contribution is 5.99. The summed E-state index contributed by atoms with van der Waals surface area (Å²) in [5.41, 5.74) is 0.542. The van der Waals surface area contributed by atoms with Crippen LogP contribution in [0.15, 0.2) is 18.2 Å². The molecule has 0 aromatic heterocycles. The van der Waals surface area contributed by atoms with Crippen LogP contribution in [0.1, 0.15) is 15.9 Å². The molecule has 0 saturated carbocycles. The van der Waals surface area contributed by atoms with Crippen LogP contribution >= 0.6 is 0 Å². The third kappa shape index (κ3) is 1.56. The van der Waals surface area contributed by atoms with Crippen molar-refractivity contribution >= 4 is 11.9 Å². The molecule has 0 saturated heterocycles. The van der Waals surface area contributed by atoms with Gasteiger partial charge in [-0.1, -0.05) is 6.07 Å². The molecule has 2 rings (SSSR count). The third-order valence-electron chi connectivity index (χ3n) is 2.31. The fraction of sp³-hybridized carbons (Fsp3) is 0.200. The minimum absolute atomic E-state index is 0.0349. The topological polar surface area (TPSA) is 57.6 Å². The third-order valence-corrected chi connectivity index (χ3v) is 2.31. The lowest BCUT2D eigenvalue weighted by molar-refractivity contribution is -0.137. The first-order chi connectivity index (χ1) is 7.09. The molecule has 0 fully saturated rings. The minimum Gasteiger partial charge on any atom is -0.480 e. The molecule has 1 amide bonds. The fourth-order valence-corrected chi connectivity index (χ4v) is 1.64. The van der Waals surface area contributed by atoms with E-state index in [2.05, 4.69) is 0 Å². The predicted molar refractivity (Wildman–Crippen MR) is 48.8 cm³/mol. The molecule has 1 heterocycles. The van der Waals surface area contributed by atoms with Gasteiger partial charge < -0.3 is 10.0 Å². The number of hydrogen-bond donors (Lipinski definition) is 1. The highest BCUT2D eigenvalue weighted by Gasteiger charge is 2.30. The molecule has 0 aliphatic carbocycles. The molecule has 0 bridgehead atoms. The highest BCUT2D eigenvalue weighted by Crippen LogP contribution is 2.24. The van der Waals surface area contributed by atoms with Gasteiger partial charge in [0.25, 0.3) is 5.91 Å². The van der Waals surface area contributed by atoms with Crippen LogP contribution in [-0.4, -0.2) is 28.4 Å². The summed E-state index contributed by atoms with van der Waals surface area (Å²) in [6.07, 6.45) is 0. The summed E-state index contributed by atoms with van der Waals surface area (Å²) in [6.45, 7) is -0.361. The Bertz CT molecular complexity index is 444. The van der Waals surface area contributed by atoms with Crippen LogP contribution in [-0.2, 0) is 11.3 Å². The monoisotopic (exact) mass is 209 g/mol. The van der Waals surface area contributed by atoms with Gasteiger partial charge in [0.1, 0.15) is 12.4 Å². The highest BCUT2D eigenvalue weighted by atomic mass is 19.1. The number of benzene rings is 1. The zero-order chi connectivity index (χ0) is 11.0. The molecular weight excluding hydrogens is 201 g/mol. The largest absolute Gasteiger partial charge is 0.480 e. The average molecular weight is 209 g/mol. The molecule has 15 heavy (non-hydrogen) atoms. The second kappa shape index (κ2) is 3.34. The maximum Gasteiger partial charge on any atom is 0.323 e. The Hall–Kier alpha value is -1.91. The minimum atomic E-state index is -1.10. The van der Waals surface area contributed by atoms with E-state index in [4.69, 9.17) is 5.11 Å². The number of carbonyl (C=O) groups is 2. The van der Waals surface area contributed by atoms with E-state index in [-0.39, 0.29) is 17.7 Å². The molecule has 78 valence electrons. The first kappa shape index (κ1) is 9.64. The Labute approximate surface area is 84.9 Å². The van der Waals surface area contributed by atoms with E-state index in [9.17, 15) is 14.0 Å². The van der Waals surface area contributed by atoms with Gasteiger partial charge in [-0.2, -0.15) is 0 Å². The van der Waals surface area contributed by atoms with Crippen LogP contribution < -0.4 is 0 Å². The maximum absolute atomic E-state index is 13.2. The van der Waals surface area contributed by atoms with Crippen LogP contribution in [0.25, 0.3) is 0 Å². The van der Waals surface area contributed by atoms with Gasteiger partial charge in [0.05, 0.1) is 6.54 Å². The molecule has 1 aromatic rings. The molecule has 0 radical (unpaired) electrons. The van der Waals surface area contributed by atoms with Gasteiger partial charge >= 0.3 is 5.97 Å². The first-order valence-corrected chi connectivity index (χ1v) is 4.38. The summed E-state index contributed by atoms with van der Waals surface area (Å²) in [5, 5.41) is 8.55. The standard InChI is InChI=1S/C10H8FNO3/c11-8-3-1-2-6-7(8)4-12(10(6)15)5-9(13)14/h1-3H,4-5H2,(H,13,14). The normalized spacial score (nSPS) is 14.2. The van der Waals surface area contributed by atoms with Gasteiger partial charge in [-0.3, -0.25) is 9.59 Å². The van der Waals surface area contributed by atoms with Crippen molar-refractivity contribution in [2.75, 3.05) is 6.54 Å². The summed E-state index contributed by atoms with van der Waals surface area (Å²) in [7, 11) is 0. The zero-order valence-corrected chi connectivity index (χ0v) is 7.74. The number of halogens is 1. The number of nitrogens with zero attached hydrogens (tertiary/aromatic N) is 1. The van der Waals surface area contributed by atoms with Crippen molar-refractivity contribution in [2.45, 2.75) is 6.54 Å². The second-order valence-electron chi connectivity index (χ2n) is 3.32. The number of carbonyl (C=O) groups excluding carboxylic acids is 1. The average Bonchev–Trinajstić information content (AvgIpc) is 2.46. The van der Waals surface area contributed by atoms with Crippen molar-refractivity contribution in [1.82, 2.24) is 4.90 Å². The number of carboxylic acid groups (broad SMARTS) is 1. The summed E-state index contributed by atoms with van der Waals surface area (Å²) >= 11 is 0. The van der Waals surface area contributed by atoms with Crippen LogP contribution in [0.2, 0.25) is 0 Å². The Morgan fingerprint density at radius 2 is 2.27 bits per heavy atom. The SMILES string of the molecule is O=C(O)CN1Cc2c(F)cccc2C1=O. The maximum atomic E-state index is 13.2. The van der Waals surface area contributed by atoms with Crippen molar-refractivity contribution in [1.29, 1.82) is 0 Å². The lowest BCUT2D eigenvalue weighted by atomic mass is 10.1. The summed E-state index contributed by atoms with van der Waals surface area (Å²) in [6, 6.07) is 4.20. The lowest BCUT2D eigenvalue weighted by Gasteiger charge is -2.11. The van der Waals surface area contributed by atoms with Crippen LogP contribution in [0.3, 0.4) is 0 Å². The van der Waals surface area contributed by atoms with Gasteiger partial charge in [0.15, 0.2) is 0 Å². The van der Waals surface area contributed by atoms with E-state index >= 15 is 0 Å². The predicted octanol–water partition coefficient (Wildman–Crippen LogP) is 0.866. The van der Waals surface area contributed by atoms with Gasteiger partial charge in [-0.25, -0.2) is 4.39 Å². The molecule has 1 aliphatic rings. The Balaban J connectivity index is 2.33. The van der Waals surface area contributed by atoms with Crippen LogP contribution in [0.5, 0.6) is 0 Å². The van der Waals surface area contributed by atoms with Crippen molar-refractivity contribution in [3.05, 3.63) is 35.1 Å². The van der Waals surface area contributed by atoms with Crippen LogP contribution in [0.4, 0.5) is 4.39 Å². The molecular formula is C10H8FNO3. The van der Waals surface area contributed by atoms with E-state index in [1.807, 2.05) is 0 Å². The molecule has 0 atom stereocenters. The Kier molecular flexibility index (Phi) is 2.15. The number of rotatable bonds is 2. The van der Waals surface area contributed by atoms with Crippen molar-refractivity contribution < 1.29 is 19.1 Å².